The molecule has 2 heterocycles. The third-order valence-corrected chi connectivity index (χ3v) is 4.15. The maximum atomic E-state index is 5.93. The van der Waals surface area contributed by atoms with Crippen molar-refractivity contribution in [3.63, 3.8) is 0 Å². The molecular formula is C21H19N3O2. The van der Waals surface area contributed by atoms with Gasteiger partial charge < -0.3 is 14.5 Å². The van der Waals surface area contributed by atoms with Crippen molar-refractivity contribution in [3.8, 4) is 17.4 Å². The van der Waals surface area contributed by atoms with Crippen LogP contribution in [0.15, 0.2) is 60.8 Å². The quantitative estimate of drug-likeness (QED) is 0.571. The van der Waals surface area contributed by atoms with Gasteiger partial charge in [0.25, 0.3) is 0 Å². The smallest absolute Gasteiger partial charge is 0.222 e. The van der Waals surface area contributed by atoms with Gasteiger partial charge in [0.15, 0.2) is 0 Å². The number of aromatic nitrogens is 3. The molecule has 130 valence electrons. The summed E-state index contributed by atoms with van der Waals surface area (Å²) in [5, 5.41) is 1.12. The van der Waals surface area contributed by atoms with Crippen LogP contribution in [0.5, 0.6) is 17.4 Å². The number of hydrogen-bond acceptors (Lipinski definition) is 4. The van der Waals surface area contributed by atoms with E-state index in [4.69, 9.17) is 9.47 Å². The first-order chi connectivity index (χ1) is 12.7. The molecule has 0 bridgehead atoms. The van der Waals surface area contributed by atoms with Crippen molar-refractivity contribution in [2.24, 2.45) is 0 Å². The Morgan fingerprint density at radius 2 is 1.77 bits per heavy atom. The van der Waals surface area contributed by atoms with Gasteiger partial charge in [0.1, 0.15) is 17.3 Å². The van der Waals surface area contributed by atoms with Gasteiger partial charge in [-0.2, -0.15) is 4.98 Å². The summed E-state index contributed by atoms with van der Waals surface area (Å²) in [4.78, 5) is 12.2. The first-order valence-corrected chi connectivity index (χ1v) is 8.42. The zero-order valence-corrected chi connectivity index (χ0v) is 14.7. The van der Waals surface area contributed by atoms with Crippen molar-refractivity contribution in [2.45, 2.75) is 13.3 Å². The van der Waals surface area contributed by atoms with Gasteiger partial charge in [-0.3, -0.25) is 0 Å². The van der Waals surface area contributed by atoms with Crippen LogP contribution >= 0.6 is 0 Å². The van der Waals surface area contributed by atoms with E-state index in [1.807, 2.05) is 49.4 Å². The zero-order valence-electron chi connectivity index (χ0n) is 14.7. The highest BCUT2D eigenvalue weighted by Crippen LogP contribution is 2.25. The average molecular weight is 345 g/mol. The molecule has 4 aromatic rings. The molecule has 0 aliphatic carbocycles. The molecule has 5 nitrogen and oxygen atoms in total. The topological polar surface area (TPSA) is 60.0 Å². The number of methoxy groups -OCH3 is 1. The summed E-state index contributed by atoms with van der Waals surface area (Å²) in [7, 11) is 1.66. The molecule has 0 amide bonds. The number of nitrogens with one attached hydrogen (secondary N) is 1. The van der Waals surface area contributed by atoms with Gasteiger partial charge in [-0.15, -0.1) is 0 Å². The normalized spacial score (nSPS) is 10.8. The van der Waals surface area contributed by atoms with Crippen LogP contribution in [0.4, 0.5) is 0 Å². The lowest BCUT2D eigenvalue weighted by Crippen LogP contribution is -1.98. The van der Waals surface area contributed by atoms with E-state index in [-0.39, 0.29) is 0 Å². The van der Waals surface area contributed by atoms with Gasteiger partial charge in [0.05, 0.1) is 7.11 Å². The second-order valence-corrected chi connectivity index (χ2v) is 6.14. The molecule has 0 saturated carbocycles. The number of ether oxygens (including phenoxy) is 2. The van der Waals surface area contributed by atoms with Crippen LogP contribution < -0.4 is 9.47 Å². The third kappa shape index (κ3) is 3.52. The van der Waals surface area contributed by atoms with Gasteiger partial charge in [-0.1, -0.05) is 12.1 Å². The van der Waals surface area contributed by atoms with Crippen molar-refractivity contribution < 1.29 is 9.47 Å². The number of benzene rings is 2. The fraction of sp³-hybridized carbons (Fsp3) is 0.143. The molecule has 0 saturated heterocycles. The highest BCUT2D eigenvalue weighted by molar-refractivity contribution is 5.81. The predicted molar refractivity (Wildman–Crippen MR) is 101 cm³/mol. The Hall–Kier alpha value is -3.34. The van der Waals surface area contributed by atoms with Gasteiger partial charge in [-0.25, -0.2) is 4.98 Å². The van der Waals surface area contributed by atoms with Crippen LogP contribution in [0.3, 0.4) is 0 Å². The van der Waals surface area contributed by atoms with E-state index in [9.17, 15) is 0 Å². The van der Waals surface area contributed by atoms with E-state index in [1.54, 1.807) is 19.4 Å². The summed E-state index contributed by atoms with van der Waals surface area (Å²) >= 11 is 0. The molecule has 0 spiro atoms. The summed E-state index contributed by atoms with van der Waals surface area (Å²) in [6, 6.07) is 17.7. The van der Waals surface area contributed by atoms with E-state index in [0.717, 1.165) is 33.7 Å². The Bertz CT molecular complexity index is 1040. The standard InChI is InChI=1S/C21H19N3O2/c1-14-11-16-13-18(7-8-19(16)23-14)26-21-9-10-22-20(24-21)12-15-3-5-17(25-2)6-4-15/h3-11,13,23H,12H2,1-2H3. The molecule has 0 aliphatic rings. The molecule has 0 fully saturated rings. The van der Waals surface area contributed by atoms with Gasteiger partial charge in [0, 0.05) is 35.3 Å². The van der Waals surface area contributed by atoms with Gasteiger partial charge >= 0.3 is 0 Å². The molecule has 2 aromatic carbocycles. The summed E-state index contributed by atoms with van der Waals surface area (Å²) in [6.45, 7) is 2.04. The first kappa shape index (κ1) is 16.1. The highest BCUT2D eigenvalue weighted by Gasteiger charge is 2.06. The Balaban J connectivity index is 1.52. The maximum Gasteiger partial charge on any atom is 0.222 e. The molecule has 0 aliphatic heterocycles. The third-order valence-electron chi connectivity index (χ3n) is 4.15. The van der Waals surface area contributed by atoms with Crippen molar-refractivity contribution in [1.82, 2.24) is 15.0 Å². The monoisotopic (exact) mass is 345 g/mol. The maximum absolute atomic E-state index is 5.93. The van der Waals surface area contributed by atoms with Crippen molar-refractivity contribution in [3.05, 3.63) is 77.9 Å². The number of H-pyrrole nitrogens is 1. The van der Waals surface area contributed by atoms with E-state index in [2.05, 4.69) is 21.0 Å². The van der Waals surface area contributed by atoms with Crippen molar-refractivity contribution >= 4 is 10.9 Å². The lowest BCUT2D eigenvalue weighted by atomic mass is 10.1. The van der Waals surface area contributed by atoms with Crippen molar-refractivity contribution in [1.29, 1.82) is 0 Å². The van der Waals surface area contributed by atoms with E-state index in [1.165, 1.54) is 0 Å². The minimum absolute atomic E-state index is 0.537. The summed E-state index contributed by atoms with van der Waals surface area (Å²) in [5.41, 5.74) is 3.34. The predicted octanol–water partition coefficient (Wildman–Crippen LogP) is 4.66. The summed E-state index contributed by atoms with van der Waals surface area (Å²) in [6.07, 6.45) is 2.36. The van der Waals surface area contributed by atoms with Crippen molar-refractivity contribution in [2.75, 3.05) is 7.11 Å². The second-order valence-electron chi connectivity index (χ2n) is 6.14. The minimum atomic E-state index is 0.537. The zero-order chi connectivity index (χ0) is 17.9. The Kier molecular flexibility index (Phi) is 4.27. The number of hydrogen-bond donors (Lipinski definition) is 1. The molecule has 26 heavy (non-hydrogen) atoms. The van der Waals surface area contributed by atoms with Gasteiger partial charge in [-0.05, 0) is 48.9 Å². The lowest BCUT2D eigenvalue weighted by Gasteiger charge is -2.07. The number of aryl methyl sites for hydroxylation is 1. The minimum Gasteiger partial charge on any atom is -0.497 e. The number of fused-ring (bicyclic) bond motifs is 1. The second kappa shape index (κ2) is 6.88. The molecule has 0 unspecified atom stereocenters. The lowest BCUT2D eigenvalue weighted by molar-refractivity contribution is 0.414. The molecule has 5 heteroatoms. The Morgan fingerprint density at radius 1 is 0.962 bits per heavy atom. The average Bonchev–Trinajstić information content (AvgIpc) is 3.02. The summed E-state index contributed by atoms with van der Waals surface area (Å²) in [5.74, 6) is 2.84. The first-order valence-electron chi connectivity index (χ1n) is 8.42. The van der Waals surface area contributed by atoms with Crippen LogP contribution in [0, 0.1) is 6.92 Å². The highest BCUT2D eigenvalue weighted by atomic mass is 16.5. The fourth-order valence-corrected chi connectivity index (χ4v) is 2.89. The number of rotatable bonds is 5. The number of nitrogens with zero attached hydrogens (tertiary/aromatic N) is 2. The molecule has 0 radical (unpaired) electrons. The van der Waals surface area contributed by atoms with Crippen LogP contribution in [-0.2, 0) is 6.42 Å². The van der Waals surface area contributed by atoms with Crippen LogP contribution in [0.1, 0.15) is 17.1 Å². The molecule has 0 atom stereocenters. The Labute approximate surface area is 151 Å². The number of aromatic amines is 1. The van der Waals surface area contributed by atoms with Crippen LogP contribution in [0.2, 0.25) is 0 Å². The molecule has 2 aromatic heterocycles. The van der Waals surface area contributed by atoms with E-state index < -0.39 is 0 Å². The largest absolute Gasteiger partial charge is 0.497 e. The van der Waals surface area contributed by atoms with E-state index >= 15 is 0 Å². The van der Waals surface area contributed by atoms with Gasteiger partial charge in [0.2, 0.25) is 5.88 Å². The SMILES string of the molecule is COc1ccc(Cc2nccc(Oc3ccc4[nH]c(C)cc4c3)n2)cc1. The fourth-order valence-electron chi connectivity index (χ4n) is 2.89. The molecule has 4 rings (SSSR count). The van der Waals surface area contributed by atoms with Crippen LogP contribution in [-0.4, -0.2) is 22.1 Å². The molecular weight excluding hydrogens is 326 g/mol. The molecule has 1 N–H and O–H groups in total. The van der Waals surface area contributed by atoms with E-state index in [0.29, 0.717) is 18.1 Å². The van der Waals surface area contributed by atoms with Crippen LogP contribution in [0.25, 0.3) is 10.9 Å². The Morgan fingerprint density at radius 3 is 2.58 bits per heavy atom. The summed E-state index contributed by atoms with van der Waals surface area (Å²) < 4.78 is 11.1.